The highest BCUT2D eigenvalue weighted by Crippen LogP contribution is 2.41. The molecule has 0 heterocycles. The fourth-order valence-corrected chi connectivity index (χ4v) is 4.02. The molecule has 0 bridgehead atoms. The number of benzene rings is 5. The molecule has 0 fully saturated rings. The predicted octanol–water partition coefficient (Wildman–Crippen LogP) is 7.34. The molecule has 0 unspecified atom stereocenters. The summed E-state index contributed by atoms with van der Waals surface area (Å²) in [4.78, 5) is 0. The topological polar surface area (TPSA) is 9.23 Å². The fourth-order valence-electron chi connectivity index (χ4n) is 4.02. The summed E-state index contributed by atoms with van der Waals surface area (Å²) in [6, 6.07) is 36.6. The molecule has 5 aromatic carbocycles. The first-order chi connectivity index (χ1) is 13.8. The minimum atomic E-state index is 0.872. The minimum absolute atomic E-state index is 0.872. The number of rotatable bonds is 3. The lowest BCUT2D eigenvalue weighted by atomic mass is 9.87. The van der Waals surface area contributed by atoms with E-state index in [1.165, 1.54) is 43.8 Å². The van der Waals surface area contributed by atoms with Crippen LogP contribution in [-0.4, -0.2) is 7.11 Å². The monoisotopic (exact) mass is 360 g/mol. The van der Waals surface area contributed by atoms with E-state index in [2.05, 4.69) is 91.0 Å². The Balaban J connectivity index is 1.87. The van der Waals surface area contributed by atoms with Gasteiger partial charge in [0.25, 0.3) is 0 Å². The maximum absolute atomic E-state index is 5.35. The largest absolute Gasteiger partial charge is 0.497 e. The Labute approximate surface area is 164 Å². The highest BCUT2D eigenvalue weighted by atomic mass is 16.5. The first-order valence-electron chi connectivity index (χ1n) is 9.49. The van der Waals surface area contributed by atoms with E-state index in [0.29, 0.717) is 0 Å². The molecule has 0 atom stereocenters. The summed E-state index contributed by atoms with van der Waals surface area (Å²) < 4.78 is 5.35. The Hall–Kier alpha value is -3.58. The molecule has 0 aliphatic heterocycles. The number of hydrogen-bond donors (Lipinski definition) is 0. The number of ether oxygens (including phenoxy) is 1. The molecular weight excluding hydrogens is 340 g/mol. The molecule has 0 aliphatic carbocycles. The summed E-state index contributed by atoms with van der Waals surface area (Å²) in [6.07, 6.45) is 0. The van der Waals surface area contributed by atoms with Crippen LogP contribution < -0.4 is 4.74 Å². The summed E-state index contributed by atoms with van der Waals surface area (Å²) in [5.74, 6) is 0.872. The van der Waals surface area contributed by atoms with E-state index in [-0.39, 0.29) is 0 Å². The van der Waals surface area contributed by atoms with Crippen molar-refractivity contribution < 1.29 is 4.74 Å². The van der Waals surface area contributed by atoms with Crippen molar-refractivity contribution in [2.45, 2.75) is 0 Å². The van der Waals surface area contributed by atoms with Crippen LogP contribution in [-0.2, 0) is 0 Å². The van der Waals surface area contributed by atoms with Gasteiger partial charge in [-0.25, -0.2) is 0 Å². The van der Waals surface area contributed by atoms with E-state index in [4.69, 9.17) is 4.74 Å². The van der Waals surface area contributed by atoms with Gasteiger partial charge in [-0.3, -0.25) is 0 Å². The Morgan fingerprint density at radius 1 is 0.500 bits per heavy atom. The van der Waals surface area contributed by atoms with E-state index >= 15 is 0 Å². The van der Waals surface area contributed by atoms with Gasteiger partial charge in [-0.2, -0.15) is 0 Å². The second kappa shape index (κ2) is 6.86. The van der Waals surface area contributed by atoms with Crippen molar-refractivity contribution in [1.82, 2.24) is 0 Å². The van der Waals surface area contributed by atoms with Crippen LogP contribution >= 0.6 is 0 Å². The molecule has 0 aliphatic rings. The first kappa shape index (κ1) is 16.6. The van der Waals surface area contributed by atoms with Crippen molar-refractivity contribution in [2.24, 2.45) is 0 Å². The maximum Gasteiger partial charge on any atom is 0.118 e. The van der Waals surface area contributed by atoms with Crippen molar-refractivity contribution in [3.63, 3.8) is 0 Å². The summed E-state index contributed by atoms with van der Waals surface area (Å²) in [5, 5.41) is 5.06. The van der Waals surface area contributed by atoms with E-state index < -0.39 is 0 Å². The van der Waals surface area contributed by atoms with Gasteiger partial charge in [0.05, 0.1) is 7.11 Å². The smallest absolute Gasteiger partial charge is 0.118 e. The molecule has 28 heavy (non-hydrogen) atoms. The fraction of sp³-hybridized carbons (Fsp3) is 0.0370. The third-order valence-corrected chi connectivity index (χ3v) is 5.39. The zero-order valence-electron chi connectivity index (χ0n) is 15.7. The average molecular weight is 360 g/mol. The summed E-state index contributed by atoms with van der Waals surface area (Å²) in [5.41, 5.74) is 4.97. The maximum atomic E-state index is 5.35. The standard InChI is InChI=1S/C27H20O/c1-28-22-16-13-21(14-17-22)25-18-15-20-8-3-5-11-24(20)27(25)26-12-6-9-19-7-2-4-10-23(19)26/h2-18H,1H3. The van der Waals surface area contributed by atoms with Crippen LogP contribution in [0.25, 0.3) is 43.8 Å². The second-order valence-corrected chi connectivity index (χ2v) is 6.96. The predicted molar refractivity (Wildman–Crippen MR) is 119 cm³/mol. The Kier molecular flexibility index (Phi) is 4.06. The van der Waals surface area contributed by atoms with Gasteiger partial charge in [0.15, 0.2) is 0 Å². The van der Waals surface area contributed by atoms with E-state index in [0.717, 1.165) is 5.75 Å². The van der Waals surface area contributed by atoms with Crippen LogP contribution in [0.3, 0.4) is 0 Å². The lowest BCUT2D eigenvalue weighted by molar-refractivity contribution is 0.415. The Bertz CT molecular complexity index is 1280. The SMILES string of the molecule is COc1ccc(-c2ccc3ccccc3c2-c2cccc3ccccc23)cc1. The van der Waals surface area contributed by atoms with Gasteiger partial charge in [-0.1, -0.05) is 91.0 Å². The lowest BCUT2D eigenvalue weighted by Gasteiger charge is -2.16. The van der Waals surface area contributed by atoms with Crippen LogP contribution in [0.1, 0.15) is 0 Å². The van der Waals surface area contributed by atoms with Crippen LogP contribution in [0.4, 0.5) is 0 Å². The van der Waals surface area contributed by atoms with Gasteiger partial charge in [0.1, 0.15) is 5.75 Å². The van der Waals surface area contributed by atoms with Gasteiger partial charge in [-0.15, -0.1) is 0 Å². The molecule has 0 spiro atoms. The summed E-state index contributed by atoms with van der Waals surface area (Å²) in [6.45, 7) is 0. The van der Waals surface area contributed by atoms with Crippen LogP contribution in [0, 0.1) is 0 Å². The molecule has 0 saturated heterocycles. The minimum Gasteiger partial charge on any atom is -0.497 e. The molecule has 1 nitrogen and oxygen atoms in total. The molecular formula is C27H20O. The van der Waals surface area contributed by atoms with Crippen molar-refractivity contribution in [3.05, 3.63) is 103 Å². The number of fused-ring (bicyclic) bond motifs is 2. The van der Waals surface area contributed by atoms with Crippen molar-refractivity contribution in [1.29, 1.82) is 0 Å². The van der Waals surface area contributed by atoms with Crippen LogP contribution in [0.5, 0.6) is 5.75 Å². The van der Waals surface area contributed by atoms with Crippen molar-refractivity contribution in [3.8, 4) is 28.0 Å². The lowest BCUT2D eigenvalue weighted by Crippen LogP contribution is -1.90. The van der Waals surface area contributed by atoms with E-state index in [9.17, 15) is 0 Å². The molecule has 5 rings (SSSR count). The molecule has 0 amide bonds. The second-order valence-electron chi connectivity index (χ2n) is 6.96. The number of hydrogen-bond acceptors (Lipinski definition) is 1. The van der Waals surface area contributed by atoms with E-state index in [1.54, 1.807) is 7.11 Å². The molecule has 0 saturated carbocycles. The van der Waals surface area contributed by atoms with Crippen LogP contribution in [0.15, 0.2) is 103 Å². The van der Waals surface area contributed by atoms with Gasteiger partial charge in [0, 0.05) is 0 Å². The first-order valence-corrected chi connectivity index (χ1v) is 9.49. The Morgan fingerprint density at radius 3 is 1.89 bits per heavy atom. The third kappa shape index (κ3) is 2.73. The van der Waals surface area contributed by atoms with Crippen LogP contribution in [0.2, 0.25) is 0 Å². The summed E-state index contributed by atoms with van der Waals surface area (Å²) >= 11 is 0. The van der Waals surface area contributed by atoms with Gasteiger partial charge in [-0.05, 0) is 55.9 Å². The Morgan fingerprint density at radius 2 is 1.14 bits per heavy atom. The average Bonchev–Trinajstić information content (AvgIpc) is 2.78. The zero-order valence-corrected chi connectivity index (χ0v) is 15.7. The molecule has 1 heteroatoms. The van der Waals surface area contributed by atoms with Gasteiger partial charge >= 0.3 is 0 Å². The highest BCUT2D eigenvalue weighted by Gasteiger charge is 2.14. The molecule has 0 N–H and O–H groups in total. The van der Waals surface area contributed by atoms with Crippen molar-refractivity contribution in [2.75, 3.05) is 7.11 Å². The van der Waals surface area contributed by atoms with Gasteiger partial charge < -0.3 is 4.74 Å². The van der Waals surface area contributed by atoms with E-state index in [1.807, 2.05) is 12.1 Å². The zero-order chi connectivity index (χ0) is 18.9. The molecule has 0 aromatic heterocycles. The quantitative estimate of drug-likeness (QED) is 0.327. The molecule has 0 radical (unpaired) electrons. The third-order valence-electron chi connectivity index (χ3n) is 5.39. The number of methoxy groups -OCH3 is 1. The molecule has 134 valence electrons. The van der Waals surface area contributed by atoms with Gasteiger partial charge in [0.2, 0.25) is 0 Å². The molecule has 5 aromatic rings. The highest BCUT2D eigenvalue weighted by molar-refractivity contribution is 6.10. The normalized spacial score (nSPS) is 11.0. The van der Waals surface area contributed by atoms with Crippen molar-refractivity contribution >= 4 is 21.5 Å². The summed E-state index contributed by atoms with van der Waals surface area (Å²) in [7, 11) is 1.70.